The van der Waals surface area contributed by atoms with Crippen LogP contribution in [0.15, 0.2) is 188 Å². The van der Waals surface area contributed by atoms with Crippen molar-refractivity contribution in [2.75, 3.05) is 4.90 Å². The maximum absolute atomic E-state index is 2.67. The Hall–Kier alpha value is -7.00. The van der Waals surface area contributed by atoms with Gasteiger partial charge in [-0.1, -0.05) is 181 Å². The zero-order valence-corrected chi connectivity index (χ0v) is 40.5. The number of hydrogen-bond donors (Lipinski definition) is 0. The Morgan fingerprint density at radius 3 is 1.66 bits per heavy atom. The average Bonchev–Trinajstić information content (AvgIpc) is 4.04. The Bertz CT molecular complexity index is 3750. The zero-order chi connectivity index (χ0) is 45.9. The third-order valence-corrected chi connectivity index (χ3v) is 18.1. The zero-order valence-electron chi connectivity index (χ0n) is 39.7. The average molecular weight is 892 g/mol. The van der Waals surface area contributed by atoms with Crippen LogP contribution in [0.3, 0.4) is 0 Å². The van der Waals surface area contributed by atoms with Crippen molar-refractivity contribution in [1.82, 2.24) is 0 Å². The molecule has 4 aliphatic carbocycles. The highest BCUT2D eigenvalue weighted by molar-refractivity contribution is 7.25. The summed E-state index contributed by atoms with van der Waals surface area (Å²) in [5.41, 5.74) is 25.1. The number of anilines is 3. The van der Waals surface area contributed by atoms with Crippen molar-refractivity contribution in [2.24, 2.45) is 0 Å². The fourth-order valence-corrected chi connectivity index (χ4v) is 14.6. The number of benzene rings is 9. The van der Waals surface area contributed by atoms with E-state index in [1.54, 1.807) is 0 Å². The van der Waals surface area contributed by atoms with Crippen LogP contribution in [0.25, 0.3) is 64.7 Å². The fourth-order valence-electron chi connectivity index (χ4n) is 13.4. The van der Waals surface area contributed by atoms with Gasteiger partial charge in [-0.15, -0.1) is 11.3 Å². The monoisotopic (exact) mass is 891 g/mol. The topological polar surface area (TPSA) is 3.24 Å². The summed E-state index contributed by atoms with van der Waals surface area (Å²) in [4.78, 5) is 2.53. The van der Waals surface area contributed by atoms with Gasteiger partial charge in [0, 0.05) is 42.6 Å². The molecule has 0 radical (unpaired) electrons. The fraction of sp³-hybridized carbons (Fsp3) is 0.182. The molecule has 0 fully saturated rings. The predicted octanol–water partition coefficient (Wildman–Crippen LogP) is 18.2. The number of rotatable bonds is 4. The minimum atomic E-state index is -0.429. The molecule has 328 valence electrons. The van der Waals surface area contributed by atoms with E-state index in [0.29, 0.717) is 0 Å². The molecule has 4 aliphatic rings. The molecule has 9 aromatic carbocycles. The van der Waals surface area contributed by atoms with Gasteiger partial charge in [-0.3, -0.25) is 0 Å². The molecule has 14 rings (SSSR count). The van der Waals surface area contributed by atoms with Crippen LogP contribution in [-0.2, 0) is 21.7 Å². The summed E-state index contributed by atoms with van der Waals surface area (Å²) in [7, 11) is 0. The molecule has 0 aliphatic heterocycles. The number of fused-ring (bicyclic) bond motifs is 17. The standard InChI is InChI=1S/C66H53NS/c1-63(2)33-34-64(3,4)59-39-57-51(38-58(59)63)50-36-42(30-32-55(50)66(57)53-25-12-7-19-45(53)46-20-8-13-26-54(46)66)67(43-29-31-48-47-21-10-14-28-60(47)68-61(48)37-43)41-18-15-17-40(35-41)44-23-16-27-56-62(44)49-22-9-11-24-52(49)65(56,5)6/h7-32,35-39H,33-34H2,1-6H3. The molecule has 1 aromatic heterocycles. The van der Waals surface area contributed by atoms with Gasteiger partial charge in [0.15, 0.2) is 0 Å². The lowest BCUT2D eigenvalue weighted by molar-refractivity contribution is 0.331. The number of hydrogen-bond acceptors (Lipinski definition) is 2. The molecule has 0 bridgehead atoms. The maximum atomic E-state index is 2.67. The van der Waals surface area contributed by atoms with Crippen LogP contribution in [0.5, 0.6) is 0 Å². The van der Waals surface area contributed by atoms with Crippen molar-refractivity contribution in [2.45, 2.75) is 76.0 Å². The minimum Gasteiger partial charge on any atom is -0.310 e. The molecule has 0 saturated heterocycles. The van der Waals surface area contributed by atoms with Crippen molar-refractivity contribution >= 4 is 48.6 Å². The molecule has 0 N–H and O–H groups in total. The Balaban J connectivity index is 1.03. The Kier molecular flexibility index (Phi) is 8.14. The second-order valence-corrected chi connectivity index (χ2v) is 22.9. The quantitative estimate of drug-likeness (QED) is 0.170. The van der Waals surface area contributed by atoms with Crippen LogP contribution < -0.4 is 4.90 Å². The summed E-state index contributed by atoms with van der Waals surface area (Å²) < 4.78 is 2.62. The summed E-state index contributed by atoms with van der Waals surface area (Å²) in [6.07, 6.45) is 2.35. The van der Waals surface area contributed by atoms with E-state index in [0.717, 1.165) is 17.1 Å². The summed E-state index contributed by atoms with van der Waals surface area (Å²) >= 11 is 1.89. The van der Waals surface area contributed by atoms with E-state index in [1.165, 1.54) is 122 Å². The van der Waals surface area contributed by atoms with Crippen LogP contribution in [0.1, 0.15) is 98.9 Å². The van der Waals surface area contributed by atoms with Crippen molar-refractivity contribution in [3.63, 3.8) is 0 Å². The molecule has 1 spiro atoms. The SMILES string of the molecule is CC1(C)CCC(C)(C)c2cc3c(cc21)-c1cc(N(c2cccc(-c4cccc5c4-c4ccccc4C5(C)C)c2)c2ccc4c(c2)sc2ccccc24)ccc1C31c2ccccc2-c2ccccc21. The largest absolute Gasteiger partial charge is 0.310 e. The second kappa shape index (κ2) is 13.8. The van der Waals surface area contributed by atoms with Crippen molar-refractivity contribution in [3.05, 3.63) is 233 Å². The molecule has 0 saturated carbocycles. The molecule has 2 heteroatoms. The summed E-state index contributed by atoms with van der Waals surface area (Å²) in [5, 5.41) is 2.63. The normalized spacial score (nSPS) is 16.7. The lowest BCUT2D eigenvalue weighted by atomic mass is 9.61. The first-order chi connectivity index (χ1) is 32.9. The Labute approximate surface area is 404 Å². The van der Waals surface area contributed by atoms with Gasteiger partial charge in [0.1, 0.15) is 0 Å². The number of thiophene rings is 1. The van der Waals surface area contributed by atoms with Gasteiger partial charge in [0.2, 0.25) is 0 Å². The highest BCUT2D eigenvalue weighted by Crippen LogP contribution is 2.65. The third-order valence-electron chi connectivity index (χ3n) is 16.9. The van der Waals surface area contributed by atoms with E-state index < -0.39 is 5.41 Å². The van der Waals surface area contributed by atoms with Crippen molar-refractivity contribution in [3.8, 4) is 44.5 Å². The first-order valence-corrected chi connectivity index (χ1v) is 25.4. The van der Waals surface area contributed by atoms with Gasteiger partial charge in [0.25, 0.3) is 0 Å². The maximum Gasteiger partial charge on any atom is 0.0725 e. The summed E-state index contributed by atoms with van der Waals surface area (Å²) in [6.45, 7) is 14.6. The van der Waals surface area contributed by atoms with E-state index in [4.69, 9.17) is 0 Å². The van der Waals surface area contributed by atoms with Gasteiger partial charge in [-0.05, 0) is 161 Å². The lowest BCUT2D eigenvalue weighted by Crippen LogP contribution is -2.35. The predicted molar refractivity (Wildman–Crippen MR) is 289 cm³/mol. The van der Waals surface area contributed by atoms with Crippen LogP contribution in [-0.4, -0.2) is 0 Å². The highest BCUT2D eigenvalue weighted by Gasteiger charge is 2.53. The van der Waals surface area contributed by atoms with Crippen LogP contribution in [0.4, 0.5) is 17.1 Å². The minimum absolute atomic E-state index is 0.0678. The van der Waals surface area contributed by atoms with Crippen molar-refractivity contribution in [1.29, 1.82) is 0 Å². The van der Waals surface area contributed by atoms with Crippen LogP contribution in [0.2, 0.25) is 0 Å². The Morgan fingerprint density at radius 2 is 0.897 bits per heavy atom. The third kappa shape index (κ3) is 5.27. The van der Waals surface area contributed by atoms with Gasteiger partial charge in [-0.2, -0.15) is 0 Å². The molecule has 68 heavy (non-hydrogen) atoms. The second-order valence-electron chi connectivity index (χ2n) is 21.8. The van der Waals surface area contributed by atoms with Gasteiger partial charge in [0.05, 0.1) is 5.41 Å². The van der Waals surface area contributed by atoms with Crippen LogP contribution in [0, 0.1) is 0 Å². The molecular formula is C66H53NS. The molecule has 0 amide bonds. The van der Waals surface area contributed by atoms with Gasteiger partial charge < -0.3 is 4.90 Å². The molecular weight excluding hydrogens is 839 g/mol. The number of nitrogens with zero attached hydrogens (tertiary/aromatic N) is 1. The lowest BCUT2D eigenvalue weighted by Gasteiger charge is -2.43. The van der Waals surface area contributed by atoms with E-state index >= 15 is 0 Å². The molecule has 1 heterocycles. The van der Waals surface area contributed by atoms with E-state index in [-0.39, 0.29) is 16.2 Å². The van der Waals surface area contributed by atoms with E-state index in [1.807, 2.05) is 11.3 Å². The summed E-state index contributed by atoms with van der Waals surface area (Å²) in [5.74, 6) is 0. The van der Waals surface area contributed by atoms with Crippen LogP contribution >= 0.6 is 11.3 Å². The van der Waals surface area contributed by atoms with Crippen molar-refractivity contribution < 1.29 is 0 Å². The van der Waals surface area contributed by atoms with Gasteiger partial charge >= 0.3 is 0 Å². The van der Waals surface area contributed by atoms with E-state index in [2.05, 4.69) is 234 Å². The first kappa shape index (κ1) is 40.1. The first-order valence-electron chi connectivity index (χ1n) is 24.5. The molecule has 0 atom stereocenters. The molecule has 10 aromatic rings. The molecule has 1 nitrogen and oxygen atoms in total. The van der Waals surface area contributed by atoms with Gasteiger partial charge in [-0.25, -0.2) is 0 Å². The smallest absolute Gasteiger partial charge is 0.0725 e. The summed E-state index contributed by atoms with van der Waals surface area (Å²) in [6, 6.07) is 72.5. The molecule has 0 unspecified atom stereocenters. The Morgan fingerprint density at radius 1 is 0.353 bits per heavy atom. The van der Waals surface area contributed by atoms with E-state index in [9.17, 15) is 0 Å². The highest BCUT2D eigenvalue weighted by atomic mass is 32.1.